The van der Waals surface area contributed by atoms with Gasteiger partial charge in [-0.2, -0.15) is 0 Å². The normalized spacial score (nSPS) is 12.9. The van der Waals surface area contributed by atoms with Crippen LogP contribution in [0.4, 0.5) is 0 Å². The summed E-state index contributed by atoms with van der Waals surface area (Å²) in [6.07, 6.45) is 108. The lowest BCUT2D eigenvalue weighted by Gasteiger charge is -2.15. The van der Waals surface area contributed by atoms with Crippen LogP contribution in [0.15, 0.2) is 122 Å². The first kappa shape index (κ1) is 80.3. The van der Waals surface area contributed by atoms with Crippen LogP contribution in [0.3, 0.4) is 0 Å². The van der Waals surface area contributed by atoms with Gasteiger partial charge in [0.2, 0.25) is 0 Å². The summed E-state index contributed by atoms with van der Waals surface area (Å²) in [6.45, 7) is 3.95. The van der Waals surface area contributed by atoms with E-state index in [1.54, 1.807) is 0 Å². The van der Waals surface area contributed by atoms with E-state index in [2.05, 4.69) is 135 Å². The molecule has 0 aromatic rings. The summed E-state index contributed by atoms with van der Waals surface area (Å²) in [6, 6.07) is 0. The molecule has 0 aliphatic rings. The molecule has 0 bridgehead atoms. The highest BCUT2D eigenvalue weighted by Gasteiger charge is 2.16. The van der Waals surface area contributed by atoms with E-state index in [4.69, 9.17) is 9.47 Å². The molecule has 1 N–H and O–H groups in total. The summed E-state index contributed by atoms with van der Waals surface area (Å²) in [4.78, 5) is 24.7. The summed E-state index contributed by atoms with van der Waals surface area (Å²) >= 11 is 0. The molecular formula is C79H136O5. The Balaban J connectivity index is 3.43. The van der Waals surface area contributed by atoms with Crippen molar-refractivity contribution in [3.8, 4) is 0 Å². The quantitative estimate of drug-likeness (QED) is 0.0373. The number of ether oxygens (including phenoxy) is 2. The summed E-state index contributed by atoms with van der Waals surface area (Å²) in [5, 5.41) is 9.71. The number of unbranched alkanes of at least 4 members (excludes halogenated alkanes) is 38. The van der Waals surface area contributed by atoms with Crippen LogP contribution in [-0.4, -0.2) is 36.4 Å². The van der Waals surface area contributed by atoms with Crippen molar-refractivity contribution in [3.63, 3.8) is 0 Å². The van der Waals surface area contributed by atoms with Gasteiger partial charge in [-0.05, 0) is 103 Å². The number of rotatable bonds is 66. The number of esters is 2. The maximum absolute atomic E-state index is 12.4. The smallest absolute Gasteiger partial charge is 0.306 e. The fourth-order valence-electron chi connectivity index (χ4n) is 10.4. The zero-order chi connectivity index (χ0) is 60.5. The molecule has 0 saturated heterocycles. The average Bonchev–Trinajstić information content (AvgIpc) is 3.51. The Bertz CT molecular complexity index is 1650. The summed E-state index contributed by atoms with van der Waals surface area (Å²) in [5.74, 6) is -0.577. The lowest BCUT2D eigenvalue weighted by atomic mass is 10.0. The van der Waals surface area contributed by atoms with E-state index in [1.807, 2.05) is 0 Å². The van der Waals surface area contributed by atoms with Gasteiger partial charge in [-0.3, -0.25) is 9.59 Å². The molecule has 0 aromatic carbocycles. The monoisotopic (exact) mass is 1170 g/mol. The van der Waals surface area contributed by atoms with Crippen LogP contribution in [0.2, 0.25) is 0 Å². The second-order valence-electron chi connectivity index (χ2n) is 23.9. The highest BCUT2D eigenvalue weighted by molar-refractivity contribution is 5.70. The number of aliphatic hydroxyl groups excluding tert-OH is 1. The van der Waals surface area contributed by atoms with Crippen molar-refractivity contribution in [2.75, 3.05) is 13.2 Å². The van der Waals surface area contributed by atoms with Crippen molar-refractivity contribution in [1.82, 2.24) is 0 Å². The van der Waals surface area contributed by atoms with Gasteiger partial charge in [-0.25, -0.2) is 0 Å². The molecule has 0 heterocycles. The molecule has 5 heteroatoms. The molecule has 5 nitrogen and oxygen atoms in total. The highest BCUT2D eigenvalue weighted by atomic mass is 16.6. The van der Waals surface area contributed by atoms with Gasteiger partial charge in [-0.1, -0.05) is 354 Å². The van der Waals surface area contributed by atoms with Gasteiger partial charge in [0.05, 0.1) is 6.61 Å². The molecule has 0 aliphatic heterocycles. The van der Waals surface area contributed by atoms with Crippen molar-refractivity contribution in [2.45, 2.75) is 354 Å². The Morgan fingerprint density at radius 1 is 0.274 bits per heavy atom. The van der Waals surface area contributed by atoms with E-state index in [1.165, 1.54) is 218 Å². The van der Waals surface area contributed by atoms with Gasteiger partial charge in [-0.15, -0.1) is 0 Å². The molecule has 0 fully saturated rings. The number of hydrogen-bond donors (Lipinski definition) is 1. The second-order valence-corrected chi connectivity index (χ2v) is 23.9. The molecule has 84 heavy (non-hydrogen) atoms. The van der Waals surface area contributed by atoms with Crippen LogP contribution in [0.1, 0.15) is 348 Å². The third kappa shape index (κ3) is 70.8. The Labute approximate surface area is 522 Å². The van der Waals surface area contributed by atoms with Gasteiger partial charge >= 0.3 is 11.9 Å². The van der Waals surface area contributed by atoms with Gasteiger partial charge in [0.25, 0.3) is 0 Å². The van der Waals surface area contributed by atoms with Crippen molar-refractivity contribution in [1.29, 1.82) is 0 Å². The second kappa shape index (κ2) is 73.6. The van der Waals surface area contributed by atoms with Crippen LogP contribution in [0, 0.1) is 0 Å². The summed E-state index contributed by atoms with van der Waals surface area (Å²) in [5.41, 5.74) is 0. The lowest BCUT2D eigenvalue weighted by molar-refractivity contribution is -0.161. The number of allylic oxidation sites excluding steroid dienone is 20. The first-order valence-electron chi connectivity index (χ1n) is 36.1. The zero-order valence-electron chi connectivity index (χ0n) is 55.4. The molecule has 482 valence electrons. The molecule has 1 atom stereocenters. The highest BCUT2D eigenvalue weighted by Crippen LogP contribution is 2.18. The maximum Gasteiger partial charge on any atom is 0.306 e. The molecule has 0 aromatic heterocycles. The van der Waals surface area contributed by atoms with Crippen LogP contribution in [-0.2, 0) is 19.1 Å². The molecule has 0 aliphatic carbocycles. The standard InChI is InChI=1S/C79H136O5/c1-3-5-7-9-11-13-15-17-19-21-23-25-27-29-31-33-35-37-38-39-40-42-44-46-48-50-52-54-56-58-60-62-64-66-68-70-72-74-79(82)84-77(75-80)76-83-78(81)73-71-69-67-65-63-61-59-57-55-53-51-49-47-45-43-41-36-34-32-30-28-26-24-22-20-18-16-14-12-10-8-6-4-2/h5-8,11-14,17-20,23-26,29-32,77,80H,3-4,9-10,15-16,21-22,27-28,33-76H2,1-2H3/b7-5-,8-6-,13-11-,14-12-,19-17-,20-18-,25-23-,26-24-,31-29-,32-30-. The first-order chi connectivity index (χ1) is 41.6. The Morgan fingerprint density at radius 2 is 0.476 bits per heavy atom. The number of carbonyl (C=O) groups excluding carboxylic acids is 2. The number of carbonyl (C=O) groups is 2. The van der Waals surface area contributed by atoms with Gasteiger partial charge in [0, 0.05) is 12.8 Å². The zero-order valence-corrected chi connectivity index (χ0v) is 55.4. The first-order valence-corrected chi connectivity index (χ1v) is 36.1. The Morgan fingerprint density at radius 3 is 0.714 bits per heavy atom. The fraction of sp³-hybridized carbons (Fsp3) is 0.722. The predicted octanol–water partition coefficient (Wildman–Crippen LogP) is 25.3. The largest absolute Gasteiger partial charge is 0.462 e. The molecule has 1 unspecified atom stereocenters. The third-order valence-corrected chi connectivity index (χ3v) is 15.8. The molecule has 0 spiro atoms. The third-order valence-electron chi connectivity index (χ3n) is 15.8. The van der Waals surface area contributed by atoms with Gasteiger partial charge < -0.3 is 14.6 Å². The topological polar surface area (TPSA) is 72.8 Å². The van der Waals surface area contributed by atoms with E-state index in [0.717, 1.165) is 103 Å². The predicted molar refractivity (Wildman–Crippen MR) is 371 cm³/mol. The molecule has 0 radical (unpaired) electrons. The molecule has 0 saturated carbocycles. The minimum atomic E-state index is -0.777. The fourth-order valence-corrected chi connectivity index (χ4v) is 10.4. The molecular weight excluding hydrogens is 1030 g/mol. The van der Waals surface area contributed by atoms with E-state index in [0.29, 0.717) is 12.8 Å². The molecule has 0 rings (SSSR count). The van der Waals surface area contributed by atoms with Crippen LogP contribution < -0.4 is 0 Å². The number of hydrogen-bond acceptors (Lipinski definition) is 5. The Hall–Kier alpha value is -3.70. The van der Waals surface area contributed by atoms with Crippen LogP contribution in [0.5, 0.6) is 0 Å². The van der Waals surface area contributed by atoms with Gasteiger partial charge in [0.15, 0.2) is 6.10 Å². The van der Waals surface area contributed by atoms with E-state index in [-0.39, 0.29) is 25.2 Å². The minimum Gasteiger partial charge on any atom is -0.462 e. The van der Waals surface area contributed by atoms with E-state index in [9.17, 15) is 14.7 Å². The minimum absolute atomic E-state index is 0.0656. The van der Waals surface area contributed by atoms with Crippen molar-refractivity contribution in [2.24, 2.45) is 0 Å². The van der Waals surface area contributed by atoms with Crippen molar-refractivity contribution >= 4 is 11.9 Å². The SMILES string of the molecule is CC/C=C\C/C=C\C/C=C\C/C=C\C/C=C\CCCCCCCCCCCCCCCCCCCCCCCC(=O)OC(CO)COC(=O)CCCCCCCCCCCCCCCCCCC/C=C\C/C=C\C/C=C\C/C=C\C/C=C\CC. The average molecular weight is 1170 g/mol. The van der Waals surface area contributed by atoms with Crippen LogP contribution in [0.25, 0.3) is 0 Å². The van der Waals surface area contributed by atoms with E-state index >= 15 is 0 Å². The summed E-state index contributed by atoms with van der Waals surface area (Å²) in [7, 11) is 0. The molecule has 0 amide bonds. The van der Waals surface area contributed by atoms with Crippen LogP contribution >= 0.6 is 0 Å². The maximum atomic E-state index is 12.4. The number of aliphatic hydroxyl groups is 1. The lowest BCUT2D eigenvalue weighted by Crippen LogP contribution is -2.28. The van der Waals surface area contributed by atoms with Gasteiger partial charge in [0.1, 0.15) is 6.61 Å². The van der Waals surface area contributed by atoms with Crippen molar-refractivity contribution in [3.05, 3.63) is 122 Å². The summed E-state index contributed by atoms with van der Waals surface area (Å²) < 4.78 is 10.8. The van der Waals surface area contributed by atoms with Crippen molar-refractivity contribution < 1.29 is 24.2 Å². The Kier molecular flexibility index (Phi) is 70.3. The van der Waals surface area contributed by atoms with E-state index < -0.39 is 6.10 Å².